The molecule has 0 saturated carbocycles. The van der Waals surface area contributed by atoms with Crippen molar-refractivity contribution in [2.45, 2.75) is 24.1 Å². The quantitative estimate of drug-likeness (QED) is 0.242. The monoisotopic (exact) mass is 410 g/mol. The van der Waals surface area contributed by atoms with Crippen LogP contribution in [0.15, 0.2) is 65.7 Å². The Bertz CT molecular complexity index is 921. The van der Waals surface area contributed by atoms with Crippen LogP contribution in [0.1, 0.15) is 17.0 Å². The zero-order chi connectivity index (χ0) is 19.8. The molecule has 0 atom stereocenters. The van der Waals surface area contributed by atoms with Gasteiger partial charge in [-0.25, -0.2) is 9.97 Å². The van der Waals surface area contributed by atoms with E-state index in [0.717, 1.165) is 33.4 Å². The number of aromatic nitrogens is 2. The van der Waals surface area contributed by atoms with E-state index < -0.39 is 0 Å². The molecular formula is C21H22N4OS2. The fraction of sp³-hybridized carbons (Fsp3) is 0.190. The largest absolute Gasteiger partial charge is 0.383 e. The summed E-state index contributed by atoms with van der Waals surface area (Å²) in [5.74, 6) is 1.98. The Hall–Kier alpha value is -2.51. The van der Waals surface area contributed by atoms with Crippen molar-refractivity contribution in [1.29, 1.82) is 0 Å². The summed E-state index contributed by atoms with van der Waals surface area (Å²) in [6.45, 7) is 2.13. The van der Waals surface area contributed by atoms with E-state index >= 15 is 0 Å². The number of hydrogen-bond acceptors (Lipinski definition) is 6. The summed E-state index contributed by atoms with van der Waals surface area (Å²) < 4.78 is 0. The number of aryl methyl sites for hydroxylation is 1. The lowest BCUT2D eigenvalue weighted by atomic mass is 10.2. The molecule has 7 heteroatoms. The van der Waals surface area contributed by atoms with Gasteiger partial charge in [0.2, 0.25) is 6.41 Å². The van der Waals surface area contributed by atoms with Gasteiger partial charge in [0.05, 0.1) is 12.2 Å². The molecule has 0 radical (unpaired) electrons. The predicted octanol–water partition coefficient (Wildman–Crippen LogP) is 4.51. The highest BCUT2D eigenvalue weighted by Crippen LogP contribution is 2.33. The molecule has 2 aromatic carbocycles. The molecule has 1 amide bonds. The first-order valence-electron chi connectivity index (χ1n) is 8.81. The number of benzene rings is 2. The van der Waals surface area contributed by atoms with Crippen LogP contribution < -0.4 is 10.6 Å². The lowest BCUT2D eigenvalue weighted by Crippen LogP contribution is -2.22. The van der Waals surface area contributed by atoms with E-state index in [1.807, 2.05) is 42.1 Å². The van der Waals surface area contributed by atoms with Crippen LogP contribution >= 0.6 is 23.5 Å². The Kier molecular flexibility index (Phi) is 7.33. The number of nitrogens with zero attached hydrogens (tertiary/aromatic N) is 3. The summed E-state index contributed by atoms with van der Waals surface area (Å²) in [6.07, 6.45) is 2.51. The highest BCUT2D eigenvalue weighted by molar-refractivity contribution is 8.15. The third-order valence-corrected chi connectivity index (χ3v) is 6.40. The molecule has 3 aromatic rings. The van der Waals surface area contributed by atoms with Crippen LogP contribution in [0.5, 0.6) is 0 Å². The first-order valence-corrected chi connectivity index (χ1v) is 10.9. The van der Waals surface area contributed by atoms with Gasteiger partial charge in [0, 0.05) is 27.5 Å². The molecule has 0 spiro atoms. The number of carbonyl (C=O) groups excluding carboxylic acids is 1. The Morgan fingerprint density at radius 1 is 1.11 bits per heavy atom. The minimum absolute atomic E-state index is 0.338. The average molecular weight is 411 g/mol. The second-order valence-corrected chi connectivity index (χ2v) is 8.49. The van der Waals surface area contributed by atoms with Gasteiger partial charge in [0.25, 0.3) is 0 Å². The number of carbonyl (C=O) groups is 1. The standard InChI is InChI=1S/C21H22N4OS2/c1-16-23-11-18(21(22)24-16)12-25(14-26)19-9-5-6-10-20(19)28-15-27-13-17-7-3-2-4-8-17/h2-11,14H,12-13,15H2,1H3,(H2,22,23,24). The number of nitrogen functional groups attached to an aromatic ring is 1. The van der Waals surface area contributed by atoms with Crippen molar-refractivity contribution in [3.63, 3.8) is 0 Å². The van der Waals surface area contributed by atoms with E-state index in [-0.39, 0.29) is 0 Å². The van der Waals surface area contributed by atoms with Gasteiger partial charge in [-0.3, -0.25) is 4.79 Å². The molecule has 0 aliphatic carbocycles. The van der Waals surface area contributed by atoms with Crippen molar-refractivity contribution in [3.05, 3.63) is 77.7 Å². The maximum absolute atomic E-state index is 11.8. The van der Waals surface area contributed by atoms with E-state index in [1.165, 1.54) is 5.56 Å². The lowest BCUT2D eigenvalue weighted by molar-refractivity contribution is -0.107. The highest BCUT2D eigenvalue weighted by atomic mass is 32.2. The predicted molar refractivity (Wildman–Crippen MR) is 118 cm³/mol. The maximum atomic E-state index is 11.8. The van der Waals surface area contributed by atoms with E-state index in [1.54, 1.807) is 29.8 Å². The lowest BCUT2D eigenvalue weighted by Gasteiger charge is -2.21. The summed E-state index contributed by atoms with van der Waals surface area (Å²) in [5.41, 5.74) is 8.90. The molecule has 1 heterocycles. The summed E-state index contributed by atoms with van der Waals surface area (Å²) in [4.78, 5) is 22.9. The minimum atomic E-state index is 0.338. The fourth-order valence-electron chi connectivity index (χ4n) is 2.65. The van der Waals surface area contributed by atoms with Crippen LogP contribution in [0.3, 0.4) is 0 Å². The van der Waals surface area contributed by atoms with Gasteiger partial charge in [-0.2, -0.15) is 0 Å². The van der Waals surface area contributed by atoms with Gasteiger partial charge in [-0.05, 0) is 24.6 Å². The van der Waals surface area contributed by atoms with E-state index in [9.17, 15) is 4.79 Å². The second-order valence-electron chi connectivity index (χ2n) is 6.12. The van der Waals surface area contributed by atoms with E-state index in [0.29, 0.717) is 18.2 Å². The van der Waals surface area contributed by atoms with Gasteiger partial charge in [-0.1, -0.05) is 42.5 Å². The number of hydrogen-bond donors (Lipinski definition) is 1. The van der Waals surface area contributed by atoms with Crippen LogP contribution in [0.25, 0.3) is 0 Å². The zero-order valence-corrected chi connectivity index (χ0v) is 17.2. The fourth-order valence-corrected chi connectivity index (χ4v) is 4.76. The van der Waals surface area contributed by atoms with Crippen LogP contribution in [0, 0.1) is 6.92 Å². The van der Waals surface area contributed by atoms with Crippen LogP contribution in [0.4, 0.5) is 11.5 Å². The molecular weight excluding hydrogens is 388 g/mol. The Labute approximate surface area is 173 Å². The molecule has 0 fully saturated rings. The number of amides is 1. The molecule has 0 bridgehead atoms. The van der Waals surface area contributed by atoms with Crippen LogP contribution in [0.2, 0.25) is 0 Å². The third kappa shape index (κ3) is 5.50. The first-order chi connectivity index (χ1) is 13.7. The van der Waals surface area contributed by atoms with Crippen molar-refractivity contribution in [2.24, 2.45) is 0 Å². The maximum Gasteiger partial charge on any atom is 0.214 e. The molecule has 0 saturated heterocycles. The summed E-state index contributed by atoms with van der Waals surface area (Å²) >= 11 is 3.58. The molecule has 0 unspecified atom stereocenters. The summed E-state index contributed by atoms with van der Waals surface area (Å²) in [7, 11) is 0. The first kappa shape index (κ1) is 20.2. The number of nitrogens with two attached hydrogens (primary N) is 1. The van der Waals surface area contributed by atoms with E-state index in [4.69, 9.17) is 5.73 Å². The normalized spacial score (nSPS) is 10.6. The topological polar surface area (TPSA) is 72.1 Å². The SMILES string of the molecule is Cc1ncc(CN(C=O)c2ccccc2SCSCc2ccccc2)c(N)n1. The molecule has 2 N–H and O–H groups in total. The van der Waals surface area contributed by atoms with Crippen LogP contribution in [-0.2, 0) is 17.1 Å². The number of thioether (sulfide) groups is 2. The van der Waals surface area contributed by atoms with Gasteiger partial charge < -0.3 is 10.6 Å². The van der Waals surface area contributed by atoms with Crippen molar-refractivity contribution in [3.8, 4) is 0 Å². The molecule has 1 aromatic heterocycles. The van der Waals surface area contributed by atoms with Crippen LogP contribution in [-0.4, -0.2) is 21.5 Å². The molecule has 0 aliphatic heterocycles. The smallest absolute Gasteiger partial charge is 0.214 e. The molecule has 28 heavy (non-hydrogen) atoms. The summed E-state index contributed by atoms with van der Waals surface area (Å²) in [5, 5.41) is 0.897. The van der Waals surface area contributed by atoms with Crippen molar-refractivity contribution >= 4 is 41.4 Å². The number of para-hydroxylation sites is 1. The number of rotatable bonds is 9. The Balaban J connectivity index is 1.66. The van der Waals surface area contributed by atoms with E-state index in [2.05, 4.69) is 34.2 Å². The number of anilines is 2. The van der Waals surface area contributed by atoms with Crippen molar-refractivity contribution < 1.29 is 4.79 Å². The van der Waals surface area contributed by atoms with Gasteiger partial charge >= 0.3 is 0 Å². The average Bonchev–Trinajstić information content (AvgIpc) is 2.72. The molecule has 144 valence electrons. The highest BCUT2D eigenvalue weighted by Gasteiger charge is 2.14. The molecule has 5 nitrogen and oxygen atoms in total. The zero-order valence-electron chi connectivity index (χ0n) is 15.6. The Morgan fingerprint density at radius 3 is 2.61 bits per heavy atom. The van der Waals surface area contributed by atoms with Gasteiger partial charge in [0.1, 0.15) is 11.6 Å². The summed E-state index contributed by atoms with van der Waals surface area (Å²) in [6, 6.07) is 18.3. The second kappa shape index (κ2) is 10.1. The van der Waals surface area contributed by atoms with Gasteiger partial charge in [0.15, 0.2) is 0 Å². The van der Waals surface area contributed by atoms with Crippen molar-refractivity contribution in [1.82, 2.24) is 9.97 Å². The molecule has 0 aliphatic rings. The van der Waals surface area contributed by atoms with Crippen molar-refractivity contribution in [2.75, 3.05) is 15.7 Å². The molecule has 3 rings (SSSR count). The third-order valence-electron chi connectivity index (χ3n) is 4.07. The Morgan fingerprint density at radius 2 is 1.86 bits per heavy atom. The van der Waals surface area contributed by atoms with Gasteiger partial charge in [-0.15, -0.1) is 23.5 Å². The minimum Gasteiger partial charge on any atom is -0.383 e.